The van der Waals surface area contributed by atoms with Crippen molar-refractivity contribution in [2.45, 2.75) is 24.3 Å². The summed E-state index contributed by atoms with van der Waals surface area (Å²) in [5, 5.41) is 5.29. The van der Waals surface area contributed by atoms with Gasteiger partial charge in [0.25, 0.3) is 15.0 Å². The van der Waals surface area contributed by atoms with Crippen molar-refractivity contribution in [3.8, 4) is 0 Å². The van der Waals surface area contributed by atoms with Crippen molar-refractivity contribution < 1.29 is 22.4 Å². The molecule has 0 aliphatic heterocycles. The molecule has 3 aromatic rings. The van der Waals surface area contributed by atoms with E-state index < -0.39 is 32.7 Å². The number of aromatic nitrogens is 1. The number of aryl methyl sites for hydroxylation is 1. The van der Waals surface area contributed by atoms with Crippen LogP contribution in [0.4, 0.5) is 10.1 Å². The van der Waals surface area contributed by atoms with Gasteiger partial charge in [-0.25, -0.2) is 17.8 Å². The minimum absolute atomic E-state index is 0.0372. The second-order valence-corrected chi connectivity index (χ2v) is 9.52. The number of anilines is 1. The Labute approximate surface area is 189 Å². The standard InChI is InChI=1S/C22H19ClFN3O4S/c1-14-11-17(8-10-20(14)32(23,30)31)26-22(29)19(12-15-5-3-2-4-6-15)27-21(28)18-9-7-16(24)13-25-18/h2-11,13,19H,12H2,1H3,(H,26,29)(H,27,28). The van der Waals surface area contributed by atoms with Crippen molar-refractivity contribution >= 4 is 37.2 Å². The van der Waals surface area contributed by atoms with E-state index in [0.29, 0.717) is 11.3 Å². The number of benzene rings is 2. The summed E-state index contributed by atoms with van der Waals surface area (Å²) in [6.07, 6.45) is 1.10. The molecule has 2 amide bonds. The van der Waals surface area contributed by atoms with Crippen molar-refractivity contribution in [3.63, 3.8) is 0 Å². The predicted molar refractivity (Wildman–Crippen MR) is 118 cm³/mol. The Bertz CT molecular complexity index is 1240. The van der Waals surface area contributed by atoms with Crippen LogP contribution in [-0.4, -0.2) is 31.3 Å². The fourth-order valence-corrected chi connectivity index (χ4v) is 4.22. The molecule has 10 heteroatoms. The molecule has 166 valence electrons. The topological polar surface area (TPSA) is 105 Å². The van der Waals surface area contributed by atoms with E-state index >= 15 is 0 Å². The van der Waals surface area contributed by atoms with Crippen molar-refractivity contribution in [3.05, 3.63) is 89.5 Å². The molecular weight excluding hydrogens is 457 g/mol. The van der Waals surface area contributed by atoms with E-state index in [4.69, 9.17) is 10.7 Å². The van der Waals surface area contributed by atoms with Crippen LogP contribution in [0.15, 0.2) is 71.8 Å². The summed E-state index contributed by atoms with van der Waals surface area (Å²) in [5.74, 6) is -1.75. The number of nitrogens with zero attached hydrogens (tertiary/aromatic N) is 1. The number of carbonyl (C=O) groups is 2. The zero-order chi connectivity index (χ0) is 23.3. The van der Waals surface area contributed by atoms with Gasteiger partial charge in [0.1, 0.15) is 17.6 Å². The molecule has 0 radical (unpaired) electrons. The van der Waals surface area contributed by atoms with Crippen LogP contribution >= 0.6 is 10.7 Å². The first-order valence-electron chi connectivity index (χ1n) is 9.46. The second-order valence-electron chi connectivity index (χ2n) is 6.98. The summed E-state index contributed by atoms with van der Waals surface area (Å²) in [7, 11) is 1.48. The molecule has 0 aliphatic rings. The highest BCUT2D eigenvalue weighted by atomic mass is 35.7. The number of pyridine rings is 1. The summed E-state index contributed by atoms with van der Waals surface area (Å²) in [5.41, 5.74) is 1.46. The highest BCUT2D eigenvalue weighted by Gasteiger charge is 2.23. The fourth-order valence-electron chi connectivity index (χ4n) is 3.03. The first-order valence-corrected chi connectivity index (χ1v) is 11.8. The van der Waals surface area contributed by atoms with Gasteiger partial charge in [-0.1, -0.05) is 30.3 Å². The van der Waals surface area contributed by atoms with Crippen molar-refractivity contribution in [1.29, 1.82) is 0 Å². The molecular formula is C22H19ClFN3O4S. The zero-order valence-corrected chi connectivity index (χ0v) is 18.5. The summed E-state index contributed by atoms with van der Waals surface area (Å²) >= 11 is 0. The van der Waals surface area contributed by atoms with Crippen LogP contribution in [0.1, 0.15) is 21.6 Å². The van der Waals surface area contributed by atoms with Crippen LogP contribution in [0.2, 0.25) is 0 Å². The molecule has 1 atom stereocenters. The third-order valence-corrected chi connectivity index (χ3v) is 6.05. The number of nitrogens with one attached hydrogen (secondary N) is 2. The SMILES string of the molecule is Cc1cc(NC(=O)C(Cc2ccccc2)NC(=O)c2ccc(F)cn2)ccc1S(=O)(=O)Cl. The van der Waals surface area contributed by atoms with Gasteiger partial charge in [0.05, 0.1) is 11.1 Å². The Balaban J connectivity index is 1.82. The highest BCUT2D eigenvalue weighted by Crippen LogP contribution is 2.23. The lowest BCUT2D eigenvalue weighted by Crippen LogP contribution is -2.45. The van der Waals surface area contributed by atoms with Gasteiger partial charge in [0.15, 0.2) is 0 Å². The van der Waals surface area contributed by atoms with E-state index in [1.165, 1.54) is 24.3 Å². The van der Waals surface area contributed by atoms with E-state index in [1.807, 2.05) is 30.3 Å². The van der Waals surface area contributed by atoms with Gasteiger partial charge < -0.3 is 10.6 Å². The normalized spacial score (nSPS) is 12.1. The van der Waals surface area contributed by atoms with Crippen molar-refractivity contribution in [2.75, 3.05) is 5.32 Å². The largest absolute Gasteiger partial charge is 0.339 e. The number of rotatable bonds is 7. The molecule has 0 fully saturated rings. The van der Waals surface area contributed by atoms with Gasteiger partial charge in [-0.05, 0) is 48.4 Å². The van der Waals surface area contributed by atoms with Gasteiger partial charge in [0.2, 0.25) is 5.91 Å². The van der Waals surface area contributed by atoms with E-state index in [9.17, 15) is 22.4 Å². The average molecular weight is 476 g/mol. The van der Waals surface area contributed by atoms with Crippen LogP contribution < -0.4 is 10.6 Å². The molecule has 0 aliphatic carbocycles. The maximum absolute atomic E-state index is 13.1. The number of carbonyl (C=O) groups excluding carboxylic acids is 2. The molecule has 1 aromatic heterocycles. The van der Waals surface area contributed by atoms with Gasteiger partial charge in [-0.15, -0.1) is 0 Å². The van der Waals surface area contributed by atoms with Gasteiger partial charge in [-0.3, -0.25) is 9.59 Å². The third kappa shape index (κ3) is 6.12. The Hall–Kier alpha value is -3.30. The van der Waals surface area contributed by atoms with Crippen LogP contribution in [-0.2, 0) is 20.3 Å². The van der Waals surface area contributed by atoms with Gasteiger partial charge in [-0.2, -0.15) is 0 Å². The molecule has 2 N–H and O–H groups in total. The lowest BCUT2D eigenvalue weighted by molar-refractivity contribution is -0.118. The lowest BCUT2D eigenvalue weighted by Gasteiger charge is -2.19. The molecule has 3 rings (SSSR count). The summed E-state index contributed by atoms with van der Waals surface area (Å²) in [4.78, 5) is 29.2. The first-order chi connectivity index (χ1) is 15.1. The zero-order valence-electron chi connectivity index (χ0n) is 16.9. The number of hydrogen-bond acceptors (Lipinski definition) is 5. The molecule has 0 saturated heterocycles. The number of amides is 2. The third-order valence-electron chi connectivity index (χ3n) is 4.57. The van der Waals surface area contributed by atoms with Crippen LogP contribution in [0.25, 0.3) is 0 Å². The smallest absolute Gasteiger partial charge is 0.270 e. The molecule has 1 heterocycles. The Morgan fingerprint density at radius 3 is 2.41 bits per heavy atom. The fraction of sp³-hybridized carbons (Fsp3) is 0.136. The molecule has 32 heavy (non-hydrogen) atoms. The highest BCUT2D eigenvalue weighted by molar-refractivity contribution is 8.13. The summed E-state index contributed by atoms with van der Waals surface area (Å²) in [6.45, 7) is 1.55. The van der Waals surface area contributed by atoms with Crippen LogP contribution in [0.3, 0.4) is 0 Å². The average Bonchev–Trinajstić information content (AvgIpc) is 2.73. The second kappa shape index (κ2) is 9.88. The Kier molecular flexibility index (Phi) is 7.22. The summed E-state index contributed by atoms with van der Waals surface area (Å²) in [6, 6.07) is 14.6. The molecule has 0 spiro atoms. The molecule has 7 nitrogen and oxygen atoms in total. The van der Waals surface area contributed by atoms with Gasteiger partial charge in [0, 0.05) is 22.8 Å². The van der Waals surface area contributed by atoms with Crippen molar-refractivity contribution in [1.82, 2.24) is 10.3 Å². The van der Waals surface area contributed by atoms with Crippen LogP contribution in [0, 0.1) is 12.7 Å². The van der Waals surface area contributed by atoms with E-state index in [2.05, 4.69) is 15.6 Å². The van der Waals surface area contributed by atoms with Crippen LogP contribution in [0.5, 0.6) is 0 Å². The summed E-state index contributed by atoms with van der Waals surface area (Å²) < 4.78 is 36.3. The Morgan fingerprint density at radius 1 is 1.09 bits per heavy atom. The first kappa shape index (κ1) is 23.4. The number of hydrogen-bond donors (Lipinski definition) is 2. The minimum atomic E-state index is -3.92. The molecule has 2 aromatic carbocycles. The number of halogens is 2. The van der Waals surface area contributed by atoms with E-state index in [-0.39, 0.29) is 17.0 Å². The van der Waals surface area contributed by atoms with E-state index in [0.717, 1.165) is 17.8 Å². The Morgan fingerprint density at radius 2 is 1.81 bits per heavy atom. The predicted octanol–water partition coefficient (Wildman–Crippen LogP) is 3.44. The van der Waals surface area contributed by atoms with Crippen molar-refractivity contribution in [2.24, 2.45) is 0 Å². The monoisotopic (exact) mass is 475 g/mol. The molecule has 0 bridgehead atoms. The maximum atomic E-state index is 13.1. The minimum Gasteiger partial charge on any atom is -0.339 e. The molecule has 1 unspecified atom stereocenters. The maximum Gasteiger partial charge on any atom is 0.270 e. The van der Waals surface area contributed by atoms with Gasteiger partial charge >= 0.3 is 0 Å². The molecule has 0 saturated carbocycles. The quantitative estimate of drug-likeness (QED) is 0.509. The van der Waals surface area contributed by atoms with E-state index in [1.54, 1.807) is 6.92 Å². The lowest BCUT2D eigenvalue weighted by atomic mass is 10.0.